The molecule has 110 valence electrons. The number of pyridine rings is 1. The van der Waals surface area contributed by atoms with Crippen molar-refractivity contribution in [1.29, 1.82) is 0 Å². The maximum absolute atomic E-state index is 11.9. The number of benzene rings is 1. The van der Waals surface area contributed by atoms with Crippen LogP contribution in [0, 0.1) is 0 Å². The van der Waals surface area contributed by atoms with Crippen LogP contribution in [0.3, 0.4) is 0 Å². The number of hydrogen-bond donors (Lipinski definition) is 0. The molecule has 1 aromatic heterocycles. The highest BCUT2D eigenvalue weighted by Gasteiger charge is 2.08. The first-order valence-electron chi connectivity index (χ1n) is 6.86. The molecule has 0 atom stereocenters. The molecule has 0 aliphatic carbocycles. The summed E-state index contributed by atoms with van der Waals surface area (Å²) in [5.41, 5.74) is 2.65. The van der Waals surface area contributed by atoms with Crippen molar-refractivity contribution in [1.82, 2.24) is 4.98 Å². The molecule has 0 aliphatic rings. The summed E-state index contributed by atoms with van der Waals surface area (Å²) in [4.78, 5) is 15.9. The van der Waals surface area contributed by atoms with Gasteiger partial charge in [-0.1, -0.05) is 38.1 Å². The lowest BCUT2D eigenvalue weighted by atomic mass is 10.0. The van der Waals surface area contributed by atoms with Crippen LogP contribution in [0.25, 0.3) is 0 Å². The summed E-state index contributed by atoms with van der Waals surface area (Å²) in [6.45, 7) is 4.54. The van der Waals surface area contributed by atoms with Crippen LogP contribution in [0.5, 0.6) is 5.88 Å². The maximum Gasteiger partial charge on any atom is 0.340 e. The van der Waals surface area contributed by atoms with E-state index in [1.54, 1.807) is 12.1 Å². The number of carbonyl (C=O) groups is 1. The first kappa shape index (κ1) is 15.0. The molecule has 0 saturated carbocycles. The summed E-state index contributed by atoms with van der Waals surface area (Å²) in [7, 11) is 1.53. The topological polar surface area (TPSA) is 48.4 Å². The zero-order valence-corrected chi connectivity index (χ0v) is 12.5. The standard InChI is InChI=1S/C17H19NO3/c1-12(2)14-6-4-13(5-7-14)11-21-17(19)15-8-9-16(20-3)18-10-15/h4-10,12H,11H2,1-3H3. The van der Waals surface area contributed by atoms with Crippen molar-refractivity contribution in [2.75, 3.05) is 7.11 Å². The second-order valence-electron chi connectivity index (χ2n) is 5.06. The number of nitrogens with zero attached hydrogens (tertiary/aromatic N) is 1. The Labute approximate surface area is 124 Å². The van der Waals surface area contributed by atoms with Crippen molar-refractivity contribution < 1.29 is 14.3 Å². The fraction of sp³-hybridized carbons (Fsp3) is 0.294. The summed E-state index contributed by atoms with van der Waals surface area (Å²) in [6.07, 6.45) is 1.45. The van der Waals surface area contributed by atoms with Gasteiger partial charge in [0, 0.05) is 12.3 Å². The Balaban J connectivity index is 1.93. The number of carbonyl (C=O) groups excluding carboxylic acids is 1. The molecular weight excluding hydrogens is 266 g/mol. The molecule has 0 unspecified atom stereocenters. The van der Waals surface area contributed by atoms with Crippen molar-refractivity contribution >= 4 is 5.97 Å². The van der Waals surface area contributed by atoms with Crippen molar-refractivity contribution in [3.05, 3.63) is 59.3 Å². The van der Waals surface area contributed by atoms with E-state index >= 15 is 0 Å². The highest BCUT2D eigenvalue weighted by Crippen LogP contribution is 2.15. The van der Waals surface area contributed by atoms with Crippen LogP contribution >= 0.6 is 0 Å². The van der Waals surface area contributed by atoms with Crippen LogP contribution in [0.1, 0.15) is 41.3 Å². The Morgan fingerprint density at radius 1 is 1.14 bits per heavy atom. The quantitative estimate of drug-likeness (QED) is 0.788. The van der Waals surface area contributed by atoms with Crippen LogP contribution in [0.2, 0.25) is 0 Å². The lowest BCUT2D eigenvalue weighted by molar-refractivity contribution is 0.0472. The molecule has 0 bridgehead atoms. The Morgan fingerprint density at radius 3 is 2.38 bits per heavy atom. The molecule has 1 heterocycles. The molecule has 0 aliphatic heterocycles. The number of esters is 1. The van der Waals surface area contributed by atoms with Gasteiger partial charge in [-0.3, -0.25) is 0 Å². The number of methoxy groups -OCH3 is 1. The van der Waals surface area contributed by atoms with E-state index < -0.39 is 5.97 Å². The molecule has 0 radical (unpaired) electrons. The molecule has 0 amide bonds. The van der Waals surface area contributed by atoms with E-state index in [9.17, 15) is 4.79 Å². The number of rotatable bonds is 5. The molecule has 0 saturated heterocycles. The maximum atomic E-state index is 11.9. The van der Waals surface area contributed by atoms with Gasteiger partial charge in [-0.05, 0) is 23.1 Å². The monoisotopic (exact) mass is 285 g/mol. The van der Waals surface area contributed by atoms with Crippen LogP contribution in [-0.2, 0) is 11.3 Å². The summed E-state index contributed by atoms with van der Waals surface area (Å²) < 4.78 is 10.2. The zero-order valence-electron chi connectivity index (χ0n) is 12.5. The van der Waals surface area contributed by atoms with Gasteiger partial charge in [-0.15, -0.1) is 0 Å². The zero-order chi connectivity index (χ0) is 15.2. The van der Waals surface area contributed by atoms with Gasteiger partial charge >= 0.3 is 5.97 Å². The number of aromatic nitrogens is 1. The van der Waals surface area contributed by atoms with Gasteiger partial charge in [-0.2, -0.15) is 0 Å². The molecule has 2 rings (SSSR count). The van der Waals surface area contributed by atoms with Crippen LogP contribution < -0.4 is 4.74 Å². The van der Waals surface area contributed by atoms with E-state index in [1.807, 2.05) is 12.1 Å². The smallest absolute Gasteiger partial charge is 0.340 e. The summed E-state index contributed by atoms with van der Waals surface area (Å²) in [5, 5.41) is 0. The largest absolute Gasteiger partial charge is 0.481 e. The normalized spacial score (nSPS) is 10.5. The van der Waals surface area contributed by atoms with Crippen LogP contribution in [0.15, 0.2) is 42.6 Å². The minimum Gasteiger partial charge on any atom is -0.481 e. The van der Waals surface area contributed by atoms with Gasteiger partial charge in [-0.25, -0.2) is 9.78 Å². The molecule has 0 N–H and O–H groups in total. The molecular formula is C17H19NO3. The third-order valence-corrected chi connectivity index (χ3v) is 3.20. The average Bonchev–Trinajstić information content (AvgIpc) is 2.53. The first-order valence-corrected chi connectivity index (χ1v) is 6.86. The molecule has 0 fully saturated rings. The Kier molecular flexibility index (Phi) is 4.93. The van der Waals surface area contributed by atoms with E-state index in [2.05, 4.69) is 31.0 Å². The van der Waals surface area contributed by atoms with E-state index in [0.717, 1.165) is 5.56 Å². The lowest BCUT2D eigenvalue weighted by Crippen LogP contribution is -2.06. The van der Waals surface area contributed by atoms with Gasteiger partial charge in [0.1, 0.15) is 6.61 Å². The fourth-order valence-electron chi connectivity index (χ4n) is 1.85. The minimum absolute atomic E-state index is 0.253. The van der Waals surface area contributed by atoms with Gasteiger partial charge < -0.3 is 9.47 Å². The van der Waals surface area contributed by atoms with E-state index in [4.69, 9.17) is 9.47 Å². The molecule has 4 heteroatoms. The van der Waals surface area contributed by atoms with Gasteiger partial charge in [0.25, 0.3) is 0 Å². The van der Waals surface area contributed by atoms with Gasteiger partial charge in [0.2, 0.25) is 5.88 Å². The molecule has 0 spiro atoms. The molecule has 1 aromatic carbocycles. The SMILES string of the molecule is COc1ccc(C(=O)OCc2ccc(C(C)C)cc2)cn1. The highest BCUT2D eigenvalue weighted by atomic mass is 16.5. The Morgan fingerprint density at radius 2 is 1.86 bits per heavy atom. The highest BCUT2D eigenvalue weighted by molar-refractivity contribution is 5.89. The summed E-state index contributed by atoms with van der Waals surface area (Å²) >= 11 is 0. The second-order valence-corrected chi connectivity index (χ2v) is 5.06. The second kappa shape index (κ2) is 6.88. The van der Waals surface area contributed by atoms with Crippen molar-refractivity contribution in [2.45, 2.75) is 26.4 Å². The molecule has 21 heavy (non-hydrogen) atoms. The van der Waals surface area contributed by atoms with E-state index in [-0.39, 0.29) is 6.61 Å². The first-order chi connectivity index (χ1) is 10.1. The van der Waals surface area contributed by atoms with Crippen molar-refractivity contribution in [2.24, 2.45) is 0 Å². The lowest BCUT2D eigenvalue weighted by Gasteiger charge is -2.08. The van der Waals surface area contributed by atoms with Gasteiger partial charge in [0.15, 0.2) is 0 Å². The number of ether oxygens (including phenoxy) is 2. The molecule has 4 nitrogen and oxygen atoms in total. The third-order valence-electron chi connectivity index (χ3n) is 3.20. The van der Waals surface area contributed by atoms with Crippen LogP contribution in [-0.4, -0.2) is 18.1 Å². The van der Waals surface area contributed by atoms with E-state index in [1.165, 1.54) is 18.9 Å². The third kappa shape index (κ3) is 4.05. The summed E-state index contributed by atoms with van der Waals surface area (Å²) in [6, 6.07) is 11.3. The predicted molar refractivity (Wildman–Crippen MR) is 80.4 cm³/mol. The fourth-order valence-corrected chi connectivity index (χ4v) is 1.85. The van der Waals surface area contributed by atoms with Crippen molar-refractivity contribution in [3.8, 4) is 5.88 Å². The van der Waals surface area contributed by atoms with Crippen molar-refractivity contribution in [3.63, 3.8) is 0 Å². The van der Waals surface area contributed by atoms with Gasteiger partial charge in [0.05, 0.1) is 12.7 Å². The minimum atomic E-state index is -0.391. The summed E-state index contributed by atoms with van der Waals surface area (Å²) in [5.74, 6) is 0.570. The molecule has 2 aromatic rings. The average molecular weight is 285 g/mol. The Hall–Kier alpha value is -2.36. The number of hydrogen-bond acceptors (Lipinski definition) is 4. The van der Waals surface area contributed by atoms with Crippen LogP contribution in [0.4, 0.5) is 0 Å². The Bertz CT molecular complexity index is 588. The van der Waals surface area contributed by atoms with E-state index in [0.29, 0.717) is 17.4 Å². The predicted octanol–water partition coefficient (Wildman–Crippen LogP) is 3.57.